The molecular formula is C14H22N4O2. The van der Waals surface area contributed by atoms with Gasteiger partial charge in [-0.15, -0.1) is 0 Å². The summed E-state index contributed by atoms with van der Waals surface area (Å²) in [5.74, 6) is 0. The molecule has 1 aromatic heterocycles. The summed E-state index contributed by atoms with van der Waals surface area (Å²) in [5.41, 5.74) is 2.17. The monoisotopic (exact) mass is 278 g/mol. The van der Waals surface area contributed by atoms with E-state index in [1.807, 2.05) is 27.0 Å². The number of rotatable bonds is 1. The van der Waals surface area contributed by atoms with Gasteiger partial charge in [-0.3, -0.25) is 4.68 Å². The predicted molar refractivity (Wildman–Crippen MR) is 74.5 cm³/mol. The van der Waals surface area contributed by atoms with E-state index in [1.54, 1.807) is 4.90 Å². The lowest BCUT2D eigenvalue weighted by Gasteiger charge is -2.40. The van der Waals surface area contributed by atoms with Gasteiger partial charge in [-0.2, -0.15) is 5.10 Å². The largest absolute Gasteiger partial charge is 0.444 e. The lowest BCUT2D eigenvalue weighted by atomic mass is 10.1. The molecule has 0 unspecified atom stereocenters. The number of amides is 1. The molecule has 6 heteroatoms. The molecule has 0 aliphatic carbocycles. The van der Waals surface area contributed by atoms with Crippen molar-refractivity contribution in [1.29, 1.82) is 0 Å². The molecule has 20 heavy (non-hydrogen) atoms. The molecule has 1 N–H and O–H groups in total. The van der Waals surface area contributed by atoms with Gasteiger partial charge in [0.2, 0.25) is 0 Å². The van der Waals surface area contributed by atoms with Crippen molar-refractivity contribution in [3.8, 4) is 0 Å². The van der Waals surface area contributed by atoms with E-state index in [1.165, 1.54) is 11.3 Å². The zero-order chi connectivity index (χ0) is 14.3. The molecule has 0 aromatic carbocycles. The molecule has 110 valence electrons. The standard InChI is InChI=1S/C14H22N4O2/c1-14(2,3)20-13(19)17-8-11(9-17)18-12-4-5-15-6-10(12)7-16-18/h7,11,15H,4-6,8-9H2,1-3H3. The highest BCUT2D eigenvalue weighted by Crippen LogP contribution is 2.26. The van der Waals surface area contributed by atoms with Crippen LogP contribution in [0.3, 0.4) is 0 Å². The molecule has 0 radical (unpaired) electrons. The van der Waals surface area contributed by atoms with Crippen molar-refractivity contribution >= 4 is 6.09 Å². The van der Waals surface area contributed by atoms with Crippen LogP contribution in [-0.4, -0.2) is 46.0 Å². The summed E-state index contributed by atoms with van der Waals surface area (Å²) in [6.45, 7) is 8.95. The number of fused-ring (bicyclic) bond motifs is 1. The Balaban J connectivity index is 1.61. The molecule has 3 rings (SSSR count). The summed E-state index contributed by atoms with van der Waals surface area (Å²) in [4.78, 5) is 13.7. The van der Waals surface area contributed by atoms with Crippen LogP contribution in [0.5, 0.6) is 0 Å². The molecule has 0 bridgehead atoms. The van der Waals surface area contributed by atoms with Crippen LogP contribution in [0, 0.1) is 0 Å². The zero-order valence-electron chi connectivity index (χ0n) is 12.3. The molecule has 1 aromatic rings. The van der Waals surface area contributed by atoms with E-state index in [0.29, 0.717) is 19.1 Å². The third-order valence-electron chi connectivity index (χ3n) is 3.70. The first-order valence-corrected chi connectivity index (χ1v) is 7.18. The topological polar surface area (TPSA) is 59.4 Å². The Labute approximate surface area is 119 Å². The number of nitrogens with one attached hydrogen (secondary N) is 1. The van der Waals surface area contributed by atoms with Crippen LogP contribution in [-0.2, 0) is 17.7 Å². The van der Waals surface area contributed by atoms with E-state index in [0.717, 1.165) is 19.5 Å². The highest BCUT2D eigenvalue weighted by molar-refractivity contribution is 5.69. The average molecular weight is 278 g/mol. The minimum atomic E-state index is -0.432. The quantitative estimate of drug-likeness (QED) is 0.841. The van der Waals surface area contributed by atoms with Crippen molar-refractivity contribution in [2.24, 2.45) is 0 Å². The molecule has 3 heterocycles. The van der Waals surface area contributed by atoms with E-state index in [4.69, 9.17) is 4.74 Å². The number of carbonyl (C=O) groups is 1. The van der Waals surface area contributed by atoms with Crippen LogP contribution in [0.4, 0.5) is 4.79 Å². The highest BCUT2D eigenvalue weighted by atomic mass is 16.6. The van der Waals surface area contributed by atoms with Gasteiger partial charge in [0.15, 0.2) is 0 Å². The van der Waals surface area contributed by atoms with Crippen LogP contribution >= 0.6 is 0 Å². The van der Waals surface area contributed by atoms with Gasteiger partial charge < -0.3 is 15.0 Å². The Morgan fingerprint density at radius 3 is 2.90 bits per heavy atom. The summed E-state index contributed by atoms with van der Waals surface area (Å²) < 4.78 is 7.46. The summed E-state index contributed by atoms with van der Waals surface area (Å²) >= 11 is 0. The zero-order valence-corrected chi connectivity index (χ0v) is 12.3. The van der Waals surface area contributed by atoms with Crippen molar-refractivity contribution in [2.75, 3.05) is 19.6 Å². The van der Waals surface area contributed by atoms with Crippen LogP contribution in [0.15, 0.2) is 6.20 Å². The van der Waals surface area contributed by atoms with Crippen molar-refractivity contribution in [3.05, 3.63) is 17.5 Å². The van der Waals surface area contributed by atoms with E-state index in [2.05, 4.69) is 15.1 Å². The maximum atomic E-state index is 11.9. The first-order chi connectivity index (χ1) is 9.44. The number of likely N-dealkylation sites (tertiary alicyclic amines) is 1. The van der Waals surface area contributed by atoms with Gasteiger partial charge in [-0.1, -0.05) is 0 Å². The molecule has 6 nitrogen and oxygen atoms in total. The van der Waals surface area contributed by atoms with Crippen LogP contribution < -0.4 is 5.32 Å². The van der Waals surface area contributed by atoms with Gasteiger partial charge in [0.25, 0.3) is 0 Å². The fraction of sp³-hybridized carbons (Fsp3) is 0.714. The average Bonchev–Trinajstić information content (AvgIpc) is 2.69. The normalized spacial score (nSPS) is 19.4. The molecular weight excluding hydrogens is 256 g/mol. The van der Waals surface area contributed by atoms with Crippen molar-refractivity contribution < 1.29 is 9.53 Å². The Morgan fingerprint density at radius 2 is 2.20 bits per heavy atom. The summed E-state index contributed by atoms with van der Waals surface area (Å²) in [6.07, 6.45) is 2.73. The van der Waals surface area contributed by atoms with Crippen LogP contribution in [0.25, 0.3) is 0 Å². The minimum Gasteiger partial charge on any atom is -0.444 e. The van der Waals surface area contributed by atoms with Gasteiger partial charge in [0.1, 0.15) is 5.60 Å². The van der Waals surface area contributed by atoms with Gasteiger partial charge in [-0.25, -0.2) is 4.79 Å². The second-order valence-corrected chi connectivity index (χ2v) is 6.53. The number of hydrogen-bond acceptors (Lipinski definition) is 4. The minimum absolute atomic E-state index is 0.226. The molecule has 2 aliphatic heterocycles. The molecule has 1 fully saturated rings. The van der Waals surface area contributed by atoms with Crippen molar-refractivity contribution in [1.82, 2.24) is 20.0 Å². The van der Waals surface area contributed by atoms with E-state index in [9.17, 15) is 4.79 Å². The molecule has 2 aliphatic rings. The van der Waals surface area contributed by atoms with E-state index in [-0.39, 0.29) is 6.09 Å². The lowest BCUT2D eigenvalue weighted by Crippen LogP contribution is -2.52. The van der Waals surface area contributed by atoms with Gasteiger partial charge in [0, 0.05) is 43.9 Å². The van der Waals surface area contributed by atoms with E-state index < -0.39 is 5.60 Å². The highest BCUT2D eigenvalue weighted by Gasteiger charge is 2.36. The van der Waals surface area contributed by atoms with Gasteiger partial charge in [0.05, 0.1) is 12.2 Å². The maximum Gasteiger partial charge on any atom is 0.410 e. The van der Waals surface area contributed by atoms with Crippen LogP contribution in [0.2, 0.25) is 0 Å². The van der Waals surface area contributed by atoms with Gasteiger partial charge in [-0.05, 0) is 20.8 Å². The number of hydrogen-bond donors (Lipinski definition) is 1. The summed E-state index contributed by atoms with van der Waals surface area (Å²) in [6, 6.07) is 0.296. The number of carbonyl (C=O) groups excluding carboxylic acids is 1. The molecule has 1 amide bonds. The predicted octanol–water partition coefficient (Wildman–Crippen LogP) is 1.32. The number of aromatic nitrogens is 2. The van der Waals surface area contributed by atoms with E-state index >= 15 is 0 Å². The fourth-order valence-electron chi connectivity index (χ4n) is 2.68. The number of ether oxygens (including phenoxy) is 1. The molecule has 1 saturated heterocycles. The SMILES string of the molecule is CC(C)(C)OC(=O)N1CC(n2ncc3c2CCNC3)C1. The Hall–Kier alpha value is -1.56. The molecule has 0 spiro atoms. The first-order valence-electron chi connectivity index (χ1n) is 7.18. The second kappa shape index (κ2) is 4.77. The second-order valence-electron chi connectivity index (χ2n) is 6.53. The number of nitrogens with zero attached hydrogens (tertiary/aromatic N) is 3. The van der Waals surface area contributed by atoms with Crippen LogP contribution in [0.1, 0.15) is 38.1 Å². The third-order valence-corrected chi connectivity index (χ3v) is 3.70. The lowest BCUT2D eigenvalue weighted by molar-refractivity contribution is -0.000791. The Morgan fingerprint density at radius 1 is 1.45 bits per heavy atom. The summed E-state index contributed by atoms with van der Waals surface area (Å²) in [5, 5.41) is 7.83. The van der Waals surface area contributed by atoms with Crippen molar-refractivity contribution in [2.45, 2.75) is 45.4 Å². The Kier molecular flexibility index (Phi) is 3.20. The van der Waals surface area contributed by atoms with Crippen molar-refractivity contribution in [3.63, 3.8) is 0 Å². The fourth-order valence-corrected chi connectivity index (χ4v) is 2.68. The Bertz CT molecular complexity index is 512. The van der Waals surface area contributed by atoms with Gasteiger partial charge >= 0.3 is 6.09 Å². The maximum absolute atomic E-state index is 11.9. The summed E-state index contributed by atoms with van der Waals surface area (Å²) in [7, 11) is 0. The third kappa shape index (κ3) is 2.52. The molecule has 0 saturated carbocycles. The smallest absolute Gasteiger partial charge is 0.410 e. The first kappa shape index (κ1) is 13.4. The molecule has 0 atom stereocenters.